The maximum absolute atomic E-state index is 11.4. The van der Waals surface area contributed by atoms with Gasteiger partial charge in [0.1, 0.15) is 23.0 Å². The molecule has 11 nitrogen and oxygen atoms in total. The lowest BCUT2D eigenvalue weighted by atomic mass is 9.93. The average Bonchev–Trinajstić information content (AvgIpc) is 2.68. The number of carbonyl (C=O) groups excluding carboxylic acids is 1. The van der Waals surface area contributed by atoms with Crippen molar-refractivity contribution in [1.82, 2.24) is 0 Å². The highest BCUT2D eigenvalue weighted by Crippen LogP contribution is 2.32. The predicted octanol–water partition coefficient (Wildman–Crippen LogP) is 2.78. The van der Waals surface area contributed by atoms with Crippen molar-refractivity contribution in [3.63, 3.8) is 0 Å². The molecule has 1 unspecified atom stereocenters. The van der Waals surface area contributed by atoms with Gasteiger partial charge in [-0.1, -0.05) is 26.1 Å². The smallest absolute Gasteiger partial charge is 0.331 e. The average molecular weight is 478 g/mol. The first kappa shape index (κ1) is 29.5. The molecule has 2 aromatic rings. The van der Waals surface area contributed by atoms with Crippen LogP contribution in [0.5, 0.6) is 23.0 Å². The van der Waals surface area contributed by atoms with E-state index >= 15 is 0 Å². The molecule has 6 N–H and O–H groups in total. The highest BCUT2D eigenvalue weighted by Gasteiger charge is 2.30. The summed E-state index contributed by atoms with van der Waals surface area (Å²) in [5.74, 6) is -4.16. The van der Waals surface area contributed by atoms with E-state index < -0.39 is 36.2 Å². The van der Waals surface area contributed by atoms with Crippen LogP contribution in [0.1, 0.15) is 25.8 Å². The summed E-state index contributed by atoms with van der Waals surface area (Å²) >= 11 is 0. The monoisotopic (exact) mass is 478 g/mol. The van der Waals surface area contributed by atoms with Crippen molar-refractivity contribution in [3.05, 3.63) is 60.2 Å². The van der Waals surface area contributed by atoms with Crippen LogP contribution in [0.2, 0.25) is 0 Å². The number of carboxylic acids is 3. The number of carboxylic acid groups (broad SMARTS) is 3. The van der Waals surface area contributed by atoms with E-state index in [9.17, 15) is 24.3 Å². The summed E-state index contributed by atoms with van der Waals surface area (Å²) < 4.78 is 4.96. The molecule has 0 aromatic heterocycles. The zero-order valence-corrected chi connectivity index (χ0v) is 17.2. The molecule has 3 rings (SSSR count). The molecule has 0 radical (unpaired) electrons. The van der Waals surface area contributed by atoms with Gasteiger partial charge in [-0.05, 0) is 30.2 Å². The van der Waals surface area contributed by atoms with Crippen molar-refractivity contribution in [3.8, 4) is 23.0 Å². The molecule has 0 aliphatic carbocycles. The van der Waals surface area contributed by atoms with Gasteiger partial charge in [0.05, 0.1) is 18.8 Å². The van der Waals surface area contributed by atoms with Crippen LogP contribution in [0.15, 0.2) is 54.6 Å². The molecule has 1 aliphatic rings. The van der Waals surface area contributed by atoms with E-state index in [4.69, 9.17) is 30.3 Å². The first-order valence-electron chi connectivity index (χ1n) is 9.25. The minimum absolute atomic E-state index is 0. The number of hydrogen-bond acceptors (Lipinski definition) is 8. The van der Waals surface area contributed by atoms with Gasteiger partial charge >= 0.3 is 23.9 Å². The maximum atomic E-state index is 11.4. The van der Waals surface area contributed by atoms with Crippen molar-refractivity contribution in [1.29, 1.82) is 0 Å². The quantitative estimate of drug-likeness (QED) is 0.210. The standard InChI is InChI=1S/C11H10O5.C6H6O2.C5H6O4.CH4/c12-8-2-1-6-3-7(4-10(13)14)11(15)16-9(6)5-8;7-5-2-1-3-6(8)4-5;1-3(5(8)9)2-4(6)7;/h1-2,5,7,12H,3-4H2,(H,13,14);1-4,7-8H;1-2H2,(H,6,7)(H,8,9);1H4. The summed E-state index contributed by atoms with van der Waals surface area (Å²) in [4.78, 5) is 41.6. The summed E-state index contributed by atoms with van der Waals surface area (Å²) in [7, 11) is 0. The number of aliphatic carboxylic acids is 3. The number of rotatable bonds is 5. The first-order chi connectivity index (χ1) is 15.4. The van der Waals surface area contributed by atoms with E-state index in [0.29, 0.717) is 12.2 Å². The number of carbonyl (C=O) groups is 4. The molecule has 0 saturated heterocycles. The molecule has 2 aromatic carbocycles. The second-order valence-corrected chi connectivity index (χ2v) is 6.71. The van der Waals surface area contributed by atoms with Crippen LogP contribution in [0.25, 0.3) is 0 Å². The highest BCUT2D eigenvalue weighted by atomic mass is 16.5. The van der Waals surface area contributed by atoms with Gasteiger partial charge in [-0.3, -0.25) is 14.4 Å². The topological polar surface area (TPSA) is 199 Å². The Balaban J connectivity index is 0.000000519. The Morgan fingerprint density at radius 1 is 0.912 bits per heavy atom. The fourth-order valence-electron chi connectivity index (χ4n) is 2.46. The van der Waals surface area contributed by atoms with Crippen LogP contribution >= 0.6 is 0 Å². The van der Waals surface area contributed by atoms with Gasteiger partial charge in [-0.15, -0.1) is 0 Å². The van der Waals surface area contributed by atoms with Crippen LogP contribution in [-0.2, 0) is 25.6 Å². The number of hydrogen-bond donors (Lipinski definition) is 6. The van der Waals surface area contributed by atoms with Gasteiger partial charge in [-0.2, -0.15) is 0 Å². The zero-order chi connectivity index (χ0) is 25.1. The molecule has 184 valence electrons. The molecule has 0 spiro atoms. The predicted molar refractivity (Wildman–Crippen MR) is 119 cm³/mol. The Kier molecular flexibility index (Phi) is 11.9. The fraction of sp³-hybridized carbons (Fsp3) is 0.217. The van der Waals surface area contributed by atoms with Crippen LogP contribution < -0.4 is 4.74 Å². The number of ether oxygens (including phenoxy) is 1. The summed E-state index contributed by atoms with van der Waals surface area (Å²) in [5.41, 5.74) is 0.436. The number of phenolic OH excluding ortho intramolecular Hbond substituents is 3. The van der Waals surface area contributed by atoms with Crippen LogP contribution in [0, 0.1) is 5.92 Å². The Bertz CT molecular complexity index is 1030. The van der Waals surface area contributed by atoms with Crippen LogP contribution in [0.3, 0.4) is 0 Å². The van der Waals surface area contributed by atoms with Crippen LogP contribution in [0.4, 0.5) is 0 Å². The van der Waals surface area contributed by atoms with Gasteiger partial charge in [0, 0.05) is 17.7 Å². The molecule has 0 bridgehead atoms. The number of fused-ring (bicyclic) bond motifs is 1. The Hall–Kier alpha value is -4.54. The fourth-order valence-corrected chi connectivity index (χ4v) is 2.46. The minimum Gasteiger partial charge on any atom is -0.508 e. The second-order valence-electron chi connectivity index (χ2n) is 6.71. The molecule has 1 heterocycles. The Labute approximate surface area is 194 Å². The lowest BCUT2D eigenvalue weighted by Gasteiger charge is -2.22. The van der Waals surface area contributed by atoms with E-state index in [0.717, 1.165) is 5.56 Å². The van der Waals surface area contributed by atoms with E-state index in [2.05, 4.69) is 6.58 Å². The van der Waals surface area contributed by atoms with E-state index in [1.165, 1.54) is 30.3 Å². The molecule has 0 amide bonds. The largest absolute Gasteiger partial charge is 0.508 e. The van der Waals surface area contributed by atoms with E-state index in [1.54, 1.807) is 12.1 Å². The summed E-state index contributed by atoms with van der Waals surface area (Å²) in [6, 6.07) is 10.3. The summed E-state index contributed by atoms with van der Waals surface area (Å²) in [5, 5.41) is 51.2. The molecule has 1 aliphatic heterocycles. The number of aromatic hydroxyl groups is 3. The first-order valence-corrected chi connectivity index (χ1v) is 9.25. The lowest BCUT2D eigenvalue weighted by molar-refractivity contribution is -0.147. The number of esters is 1. The van der Waals surface area contributed by atoms with Gasteiger partial charge in [0.15, 0.2) is 0 Å². The van der Waals surface area contributed by atoms with Crippen molar-refractivity contribution >= 4 is 23.9 Å². The summed E-state index contributed by atoms with van der Waals surface area (Å²) in [6.45, 7) is 3.01. The number of phenols is 3. The SMILES string of the molecule is C.C=C(CC(=O)O)C(=O)O.O=C(O)CC1Cc2ccc(O)cc2OC1=O.Oc1cccc(O)c1. The van der Waals surface area contributed by atoms with E-state index in [-0.39, 0.29) is 36.7 Å². The van der Waals surface area contributed by atoms with Crippen LogP contribution in [-0.4, -0.2) is 54.5 Å². The minimum atomic E-state index is -1.27. The molecule has 0 fully saturated rings. The van der Waals surface area contributed by atoms with Crippen molar-refractivity contribution in [2.45, 2.75) is 26.7 Å². The third-order valence-corrected chi connectivity index (χ3v) is 3.98. The normalized spacial score (nSPS) is 13.2. The van der Waals surface area contributed by atoms with Crippen molar-refractivity contribution in [2.75, 3.05) is 0 Å². The second kappa shape index (κ2) is 13.8. The van der Waals surface area contributed by atoms with Crippen molar-refractivity contribution < 1.29 is 54.6 Å². The van der Waals surface area contributed by atoms with Crippen molar-refractivity contribution in [2.24, 2.45) is 5.92 Å². The summed E-state index contributed by atoms with van der Waals surface area (Å²) in [6.07, 6.45) is -0.408. The van der Waals surface area contributed by atoms with Gasteiger partial charge < -0.3 is 35.4 Å². The van der Waals surface area contributed by atoms with E-state index in [1.807, 2.05) is 0 Å². The third-order valence-electron chi connectivity index (χ3n) is 3.98. The third kappa shape index (κ3) is 10.7. The lowest BCUT2D eigenvalue weighted by Crippen LogP contribution is -2.29. The Morgan fingerprint density at radius 2 is 1.47 bits per heavy atom. The van der Waals surface area contributed by atoms with Gasteiger partial charge in [0.25, 0.3) is 0 Å². The molecular formula is C23H26O11. The maximum Gasteiger partial charge on any atom is 0.331 e. The van der Waals surface area contributed by atoms with Gasteiger partial charge in [0.2, 0.25) is 0 Å². The molecule has 34 heavy (non-hydrogen) atoms. The highest BCUT2D eigenvalue weighted by molar-refractivity contribution is 5.91. The zero-order valence-electron chi connectivity index (χ0n) is 17.2. The molecule has 0 saturated carbocycles. The molecule has 1 atom stereocenters. The Morgan fingerprint density at radius 3 is 1.88 bits per heavy atom. The number of benzene rings is 2. The molecular weight excluding hydrogens is 452 g/mol. The molecule has 11 heteroatoms. The van der Waals surface area contributed by atoms with Gasteiger partial charge in [-0.25, -0.2) is 4.79 Å².